The number of fused-ring (bicyclic) bond motifs is 4. The normalized spacial score (nSPS) is 23.1. The first-order valence-corrected chi connectivity index (χ1v) is 10.3. The molecule has 3 aliphatic rings. The van der Waals surface area contributed by atoms with Crippen molar-refractivity contribution >= 4 is 5.71 Å². The zero-order chi connectivity index (χ0) is 19.1. The Balaban J connectivity index is 1.51. The average Bonchev–Trinajstić information content (AvgIpc) is 3.17. The van der Waals surface area contributed by atoms with Crippen molar-refractivity contribution in [1.82, 2.24) is 9.91 Å². The fourth-order valence-electron chi connectivity index (χ4n) is 4.82. The molecule has 5 heteroatoms. The van der Waals surface area contributed by atoms with Gasteiger partial charge in [-0.1, -0.05) is 37.3 Å². The van der Waals surface area contributed by atoms with Gasteiger partial charge in [0.1, 0.15) is 11.6 Å². The van der Waals surface area contributed by atoms with E-state index in [0.29, 0.717) is 0 Å². The molecule has 0 unspecified atom stereocenters. The van der Waals surface area contributed by atoms with Gasteiger partial charge >= 0.3 is 0 Å². The highest BCUT2D eigenvalue weighted by atomic mass is 19.1. The first-order chi connectivity index (χ1) is 13.7. The quantitative estimate of drug-likeness (QED) is 0.782. The molecule has 0 amide bonds. The third-order valence-corrected chi connectivity index (χ3v) is 6.26. The summed E-state index contributed by atoms with van der Waals surface area (Å²) in [6.45, 7) is 5.43. The topological polar surface area (TPSA) is 28.1 Å². The second-order valence-electron chi connectivity index (χ2n) is 8.05. The molecule has 0 aliphatic carbocycles. The summed E-state index contributed by atoms with van der Waals surface area (Å²) in [4.78, 5) is 2.52. The van der Waals surface area contributed by atoms with Crippen LogP contribution in [0.3, 0.4) is 0 Å². The van der Waals surface area contributed by atoms with Gasteiger partial charge in [-0.25, -0.2) is 9.40 Å². The molecule has 0 saturated carbocycles. The Morgan fingerprint density at radius 2 is 1.86 bits per heavy atom. The second kappa shape index (κ2) is 6.89. The van der Waals surface area contributed by atoms with E-state index < -0.39 is 0 Å². The third kappa shape index (κ3) is 2.89. The summed E-state index contributed by atoms with van der Waals surface area (Å²) in [6.07, 6.45) is 3.89. The van der Waals surface area contributed by atoms with Crippen molar-refractivity contribution in [3.05, 3.63) is 65.5 Å². The van der Waals surface area contributed by atoms with E-state index in [-0.39, 0.29) is 17.6 Å². The van der Waals surface area contributed by atoms with Crippen molar-refractivity contribution in [3.8, 4) is 5.75 Å². The number of hydrazone groups is 1. The van der Waals surface area contributed by atoms with Crippen LogP contribution in [0.15, 0.2) is 53.6 Å². The van der Waals surface area contributed by atoms with Crippen molar-refractivity contribution in [3.63, 3.8) is 0 Å². The minimum atomic E-state index is -0.384. The summed E-state index contributed by atoms with van der Waals surface area (Å²) in [5, 5.41) is 7.26. The van der Waals surface area contributed by atoms with Crippen LogP contribution in [0.4, 0.5) is 4.39 Å². The lowest BCUT2D eigenvalue weighted by Crippen LogP contribution is -2.59. The molecular weight excluding hydrogens is 353 g/mol. The van der Waals surface area contributed by atoms with Crippen molar-refractivity contribution in [2.24, 2.45) is 5.10 Å². The number of hydrogen-bond donors (Lipinski definition) is 0. The number of benzene rings is 2. The number of nitrogens with zero attached hydrogens (tertiary/aromatic N) is 3. The highest BCUT2D eigenvalue weighted by molar-refractivity contribution is 6.01. The summed E-state index contributed by atoms with van der Waals surface area (Å²) >= 11 is 0. The molecule has 1 fully saturated rings. The molecule has 0 bridgehead atoms. The number of halogens is 1. The monoisotopic (exact) mass is 379 g/mol. The van der Waals surface area contributed by atoms with Crippen molar-refractivity contribution in [2.45, 2.75) is 44.4 Å². The van der Waals surface area contributed by atoms with Crippen LogP contribution < -0.4 is 4.74 Å². The number of rotatable bonds is 3. The lowest BCUT2D eigenvalue weighted by molar-refractivity contribution is -0.149. The molecule has 1 saturated heterocycles. The van der Waals surface area contributed by atoms with Crippen LogP contribution in [0, 0.1) is 5.82 Å². The summed E-state index contributed by atoms with van der Waals surface area (Å²) in [5.41, 5.74) is 2.82. The zero-order valence-corrected chi connectivity index (χ0v) is 16.3. The summed E-state index contributed by atoms with van der Waals surface area (Å²) in [5.74, 6) is 0.775. The van der Waals surface area contributed by atoms with Crippen molar-refractivity contribution in [2.75, 3.05) is 19.6 Å². The standard InChI is InChI=1S/C23H26FN3O/c1-2-13-26-14-11-23(12-15-26)27-21(19-5-3-4-6-22(19)28-23)16-20(25-27)17-7-9-18(24)10-8-17/h3-10,21H,2,11-16H2,1H3/t21-/m0/s1. The van der Waals surface area contributed by atoms with Gasteiger partial charge in [0.15, 0.2) is 0 Å². The molecule has 4 nitrogen and oxygen atoms in total. The van der Waals surface area contributed by atoms with Crippen LogP contribution in [0.5, 0.6) is 5.75 Å². The van der Waals surface area contributed by atoms with E-state index in [4.69, 9.17) is 9.84 Å². The molecule has 2 aromatic carbocycles. The SMILES string of the molecule is CCCN1CCC2(CC1)Oc1ccccc1[C@@H]1CC(c3ccc(F)cc3)=NN12. The molecule has 0 radical (unpaired) electrons. The molecule has 28 heavy (non-hydrogen) atoms. The minimum absolute atomic E-state index is 0.183. The van der Waals surface area contributed by atoms with E-state index >= 15 is 0 Å². The Bertz CT molecular complexity index is 887. The molecule has 0 N–H and O–H groups in total. The predicted molar refractivity (Wildman–Crippen MR) is 108 cm³/mol. The van der Waals surface area contributed by atoms with Crippen LogP contribution in [-0.4, -0.2) is 41.0 Å². The van der Waals surface area contributed by atoms with Gasteiger partial charge < -0.3 is 9.64 Å². The maximum atomic E-state index is 13.4. The first-order valence-electron chi connectivity index (χ1n) is 10.3. The van der Waals surface area contributed by atoms with Gasteiger partial charge in [0.25, 0.3) is 0 Å². The fraction of sp³-hybridized carbons (Fsp3) is 0.435. The molecule has 3 heterocycles. The van der Waals surface area contributed by atoms with Gasteiger partial charge in [0.05, 0.1) is 11.8 Å². The largest absolute Gasteiger partial charge is 0.466 e. The minimum Gasteiger partial charge on any atom is -0.466 e. The van der Waals surface area contributed by atoms with Gasteiger partial charge in [0, 0.05) is 37.9 Å². The van der Waals surface area contributed by atoms with Crippen LogP contribution in [-0.2, 0) is 0 Å². The van der Waals surface area contributed by atoms with Crippen LogP contribution in [0.2, 0.25) is 0 Å². The third-order valence-electron chi connectivity index (χ3n) is 6.26. The Morgan fingerprint density at radius 1 is 1.11 bits per heavy atom. The van der Waals surface area contributed by atoms with Gasteiger partial charge in [-0.05, 0) is 36.7 Å². The Labute approximate surface area is 165 Å². The van der Waals surface area contributed by atoms with E-state index in [0.717, 1.165) is 55.9 Å². The van der Waals surface area contributed by atoms with Gasteiger partial charge in [-0.15, -0.1) is 0 Å². The second-order valence-corrected chi connectivity index (χ2v) is 8.05. The highest BCUT2D eigenvalue weighted by Crippen LogP contribution is 2.49. The summed E-state index contributed by atoms with van der Waals surface area (Å²) in [7, 11) is 0. The maximum absolute atomic E-state index is 13.4. The number of likely N-dealkylation sites (tertiary alicyclic amines) is 1. The van der Waals surface area contributed by atoms with Gasteiger partial charge in [0.2, 0.25) is 5.72 Å². The van der Waals surface area contributed by atoms with E-state index in [1.54, 1.807) is 0 Å². The molecule has 3 aliphatic heterocycles. The number of piperidine rings is 1. The summed E-state index contributed by atoms with van der Waals surface area (Å²) in [6, 6.07) is 15.2. The van der Waals surface area contributed by atoms with Crippen molar-refractivity contribution in [1.29, 1.82) is 0 Å². The zero-order valence-electron chi connectivity index (χ0n) is 16.3. The lowest BCUT2D eigenvalue weighted by atomic mass is 9.90. The van der Waals surface area contributed by atoms with E-state index in [1.807, 2.05) is 18.2 Å². The van der Waals surface area contributed by atoms with Crippen LogP contribution >= 0.6 is 0 Å². The smallest absolute Gasteiger partial charge is 0.200 e. The van der Waals surface area contributed by atoms with E-state index in [9.17, 15) is 4.39 Å². The Kier molecular flexibility index (Phi) is 4.35. The summed E-state index contributed by atoms with van der Waals surface area (Å²) < 4.78 is 20.0. The number of ether oxygens (including phenoxy) is 1. The van der Waals surface area contributed by atoms with Crippen molar-refractivity contribution < 1.29 is 9.13 Å². The molecule has 2 aromatic rings. The first kappa shape index (κ1) is 17.7. The maximum Gasteiger partial charge on any atom is 0.200 e. The molecule has 0 aromatic heterocycles. The highest BCUT2D eigenvalue weighted by Gasteiger charge is 2.51. The van der Waals surface area contributed by atoms with E-state index in [1.165, 1.54) is 24.1 Å². The molecule has 1 atom stereocenters. The Hall–Kier alpha value is -2.40. The average molecular weight is 379 g/mol. The predicted octanol–water partition coefficient (Wildman–Crippen LogP) is 4.57. The molecule has 1 spiro atoms. The molecular formula is C23H26FN3O. The number of hydrogen-bond acceptors (Lipinski definition) is 4. The van der Waals surface area contributed by atoms with Crippen LogP contribution in [0.25, 0.3) is 0 Å². The van der Waals surface area contributed by atoms with Gasteiger partial charge in [-0.3, -0.25) is 0 Å². The van der Waals surface area contributed by atoms with Crippen LogP contribution in [0.1, 0.15) is 49.8 Å². The van der Waals surface area contributed by atoms with E-state index in [2.05, 4.69) is 35.0 Å². The Morgan fingerprint density at radius 3 is 2.61 bits per heavy atom. The van der Waals surface area contributed by atoms with Gasteiger partial charge in [-0.2, -0.15) is 5.10 Å². The number of para-hydroxylation sites is 1. The lowest BCUT2D eigenvalue weighted by Gasteiger charge is -2.51. The molecule has 5 rings (SSSR count). The molecule has 146 valence electrons. The fourth-order valence-corrected chi connectivity index (χ4v) is 4.82.